The number of amides is 1. The van der Waals surface area contributed by atoms with E-state index in [1.165, 1.54) is 19.1 Å². The van der Waals surface area contributed by atoms with Crippen molar-refractivity contribution in [3.05, 3.63) is 29.8 Å². The molecule has 0 saturated heterocycles. The Morgan fingerprint density at radius 1 is 1.30 bits per heavy atom. The van der Waals surface area contributed by atoms with E-state index >= 15 is 0 Å². The Morgan fingerprint density at radius 3 is 2.30 bits per heavy atom. The highest BCUT2D eigenvalue weighted by Crippen LogP contribution is 2.11. The van der Waals surface area contributed by atoms with Crippen LogP contribution in [0.3, 0.4) is 0 Å². The second kappa shape index (κ2) is 6.88. The molecule has 0 saturated carbocycles. The molecule has 3 atom stereocenters. The van der Waals surface area contributed by atoms with Crippen molar-refractivity contribution in [1.82, 2.24) is 5.32 Å². The molecule has 0 aromatic heterocycles. The minimum atomic E-state index is -1.20. The number of aromatic hydroxyl groups is 1. The Hall–Kier alpha value is -2.12. The van der Waals surface area contributed by atoms with Gasteiger partial charge in [-0.3, -0.25) is 4.79 Å². The molecule has 1 amide bonds. The van der Waals surface area contributed by atoms with E-state index in [-0.39, 0.29) is 12.2 Å². The summed E-state index contributed by atoms with van der Waals surface area (Å²) < 4.78 is 0. The van der Waals surface area contributed by atoms with E-state index in [0.717, 1.165) is 0 Å². The van der Waals surface area contributed by atoms with Gasteiger partial charge in [0.2, 0.25) is 5.91 Å². The molecular weight excluding hydrogens is 264 g/mol. The summed E-state index contributed by atoms with van der Waals surface area (Å²) in [5.41, 5.74) is 6.07. The van der Waals surface area contributed by atoms with Crippen LogP contribution in [0.1, 0.15) is 12.5 Å². The van der Waals surface area contributed by atoms with Crippen LogP contribution in [0.25, 0.3) is 0 Å². The third-order valence-electron chi connectivity index (χ3n) is 2.81. The van der Waals surface area contributed by atoms with Crippen molar-refractivity contribution in [3.8, 4) is 5.75 Å². The van der Waals surface area contributed by atoms with Gasteiger partial charge in [0.05, 0.1) is 6.10 Å². The third-order valence-corrected chi connectivity index (χ3v) is 2.81. The van der Waals surface area contributed by atoms with Crippen LogP contribution in [0.5, 0.6) is 5.75 Å². The molecule has 0 aliphatic carbocycles. The summed E-state index contributed by atoms with van der Waals surface area (Å²) in [6.07, 6.45) is -1.02. The Bertz CT molecular complexity index is 472. The minimum absolute atomic E-state index is 0.0495. The first-order chi connectivity index (χ1) is 9.31. The predicted octanol–water partition coefficient (Wildman–Crippen LogP) is -0.788. The van der Waals surface area contributed by atoms with Crippen molar-refractivity contribution in [2.75, 3.05) is 0 Å². The highest BCUT2D eigenvalue weighted by molar-refractivity contribution is 5.87. The summed E-state index contributed by atoms with van der Waals surface area (Å²) >= 11 is 0. The lowest BCUT2D eigenvalue weighted by atomic mass is 10.0. The van der Waals surface area contributed by atoms with E-state index in [4.69, 9.17) is 15.9 Å². The van der Waals surface area contributed by atoms with Crippen molar-refractivity contribution in [2.24, 2.45) is 5.73 Å². The number of carboxylic acid groups (broad SMARTS) is 1. The maximum Gasteiger partial charge on any atom is 0.326 e. The number of phenols is 1. The monoisotopic (exact) mass is 282 g/mol. The number of carboxylic acids is 1. The molecular formula is C13H18N2O5. The van der Waals surface area contributed by atoms with E-state index in [1.807, 2.05) is 0 Å². The molecule has 1 rings (SSSR count). The van der Waals surface area contributed by atoms with Gasteiger partial charge in [0.15, 0.2) is 0 Å². The van der Waals surface area contributed by atoms with E-state index < -0.39 is 30.1 Å². The zero-order valence-corrected chi connectivity index (χ0v) is 11.0. The molecule has 1 aromatic carbocycles. The lowest BCUT2D eigenvalue weighted by Crippen LogP contribution is -2.52. The number of aliphatic hydroxyl groups is 1. The van der Waals surface area contributed by atoms with Gasteiger partial charge in [-0.2, -0.15) is 0 Å². The van der Waals surface area contributed by atoms with Crippen LogP contribution < -0.4 is 11.1 Å². The summed E-state index contributed by atoms with van der Waals surface area (Å²) in [4.78, 5) is 22.8. The fraction of sp³-hybridized carbons (Fsp3) is 0.385. The van der Waals surface area contributed by atoms with Gasteiger partial charge in [-0.25, -0.2) is 4.79 Å². The zero-order valence-electron chi connectivity index (χ0n) is 11.0. The van der Waals surface area contributed by atoms with Crippen LogP contribution in [-0.4, -0.2) is 45.4 Å². The Balaban J connectivity index is 2.72. The molecule has 0 spiro atoms. The molecule has 6 N–H and O–H groups in total. The van der Waals surface area contributed by atoms with Crippen LogP contribution in [0.4, 0.5) is 0 Å². The maximum absolute atomic E-state index is 11.6. The summed E-state index contributed by atoms with van der Waals surface area (Å²) in [6, 6.07) is 3.64. The number of aliphatic carboxylic acids is 1. The van der Waals surface area contributed by atoms with Gasteiger partial charge in [0.1, 0.15) is 17.8 Å². The normalized spacial score (nSPS) is 15.2. The first-order valence-corrected chi connectivity index (χ1v) is 6.06. The quantitative estimate of drug-likeness (QED) is 0.464. The van der Waals surface area contributed by atoms with Crippen LogP contribution >= 0.6 is 0 Å². The Morgan fingerprint density at radius 2 is 1.85 bits per heavy atom. The van der Waals surface area contributed by atoms with Gasteiger partial charge < -0.3 is 26.4 Å². The summed E-state index contributed by atoms with van der Waals surface area (Å²) in [6.45, 7) is 1.35. The second-order valence-corrected chi connectivity index (χ2v) is 4.54. The number of hydrogen-bond acceptors (Lipinski definition) is 5. The molecule has 20 heavy (non-hydrogen) atoms. The number of nitrogens with one attached hydrogen (secondary N) is 1. The summed E-state index contributed by atoms with van der Waals surface area (Å²) in [5, 5.41) is 29.7. The van der Waals surface area contributed by atoms with Crippen molar-refractivity contribution >= 4 is 11.9 Å². The van der Waals surface area contributed by atoms with Crippen LogP contribution in [-0.2, 0) is 16.0 Å². The number of carbonyl (C=O) groups excluding carboxylic acids is 1. The summed E-state index contributed by atoms with van der Waals surface area (Å²) in [5.74, 6) is -1.86. The van der Waals surface area contributed by atoms with Gasteiger partial charge in [-0.1, -0.05) is 12.1 Å². The van der Waals surface area contributed by atoms with Gasteiger partial charge in [0.25, 0.3) is 0 Å². The number of benzene rings is 1. The van der Waals surface area contributed by atoms with Crippen LogP contribution in [0.15, 0.2) is 24.3 Å². The second-order valence-electron chi connectivity index (χ2n) is 4.54. The van der Waals surface area contributed by atoms with E-state index in [9.17, 15) is 14.7 Å². The molecule has 7 nitrogen and oxygen atoms in total. The number of nitrogens with two attached hydrogens (primary N) is 1. The number of carbonyl (C=O) groups is 2. The predicted molar refractivity (Wildman–Crippen MR) is 71.0 cm³/mol. The standard InChI is InChI=1S/C13H18N2O5/c1-7(16)11(14)12(18)15-10(13(19)20)6-8-2-4-9(17)5-3-8/h2-5,7,10-11,16-17H,6,14H2,1H3,(H,15,18)(H,19,20). The first-order valence-electron chi connectivity index (χ1n) is 6.06. The average molecular weight is 282 g/mol. The highest BCUT2D eigenvalue weighted by atomic mass is 16.4. The molecule has 7 heteroatoms. The number of aliphatic hydroxyl groups excluding tert-OH is 1. The lowest BCUT2D eigenvalue weighted by molar-refractivity contribution is -0.142. The Labute approximate surface area is 116 Å². The lowest BCUT2D eigenvalue weighted by Gasteiger charge is -2.19. The zero-order chi connectivity index (χ0) is 15.3. The van der Waals surface area contributed by atoms with Gasteiger partial charge >= 0.3 is 5.97 Å². The molecule has 3 unspecified atom stereocenters. The van der Waals surface area contributed by atoms with E-state index in [1.54, 1.807) is 12.1 Å². The smallest absolute Gasteiger partial charge is 0.326 e. The van der Waals surface area contributed by atoms with Crippen molar-refractivity contribution < 1.29 is 24.9 Å². The van der Waals surface area contributed by atoms with Crippen molar-refractivity contribution in [2.45, 2.75) is 31.5 Å². The molecule has 1 aromatic rings. The van der Waals surface area contributed by atoms with Crippen molar-refractivity contribution in [1.29, 1.82) is 0 Å². The fourth-order valence-electron chi connectivity index (χ4n) is 1.55. The van der Waals surface area contributed by atoms with E-state index in [2.05, 4.69) is 5.32 Å². The number of hydrogen-bond donors (Lipinski definition) is 5. The van der Waals surface area contributed by atoms with Gasteiger partial charge in [0, 0.05) is 6.42 Å². The van der Waals surface area contributed by atoms with Gasteiger partial charge in [-0.15, -0.1) is 0 Å². The minimum Gasteiger partial charge on any atom is -0.508 e. The topological polar surface area (TPSA) is 133 Å². The Kier molecular flexibility index (Phi) is 5.48. The molecule has 0 fully saturated rings. The molecule has 0 heterocycles. The largest absolute Gasteiger partial charge is 0.508 e. The molecule has 0 radical (unpaired) electrons. The third kappa shape index (κ3) is 4.52. The van der Waals surface area contributed by atoms with Crippen LogP contribution in [0.2, 0.25) is 0 Å². The van der Waals surface area contributed by atoms with Gasteiger partial charge in [-0.05, 0) is 24.6 Å². The number of rotatable bonds is 6. The molecule has 0 aliphatic rings. The molecule has 0 aliphatic heterocycles. The SMILES string of the molecule is CC(O)C(N)C(=O)NC(Cc1ccc(O)cc1)C(=O)O. The first kappa shape index (κ1) is 15.9. The number of phenolic OH excluding ortho intramolecular Hbond substituents is 1. The maximum atomic E-state index is 11.6. The van der Waals surface area contributed by atoms with Crippen molar-refractivity contribution in [3.63, 3.8) is 0 Å². The van der Waals surface area contributed by atoms with E-state index in [0.29, 0.717) is 5.56 Å². The fourth-order valence-corrected chi connectivity index (χ4v) is 1.55. The summed E-state index contributed by atoms with van der Waals surface area (Å²) in [7, 11) is 0. The van der Waals surface area contributed by atoms with Crippen LogP contribution in [0, 0.1) is 0 Å². The highest BCUT2D eigenvalue weighted by Gasteiger charge is 2.25. The molecule has 0 bridgehead atoms. The average Bonchev–Trinajstić information content (AvgIpc) is 2.39. The molecule has 110 valence electrons.